The van der Waals surface area contributed by atoms with Crippen LogP contribution in [0.2, 0.25) is 0 Å². The molecule has 2 heterocycles. The van der Waals surface area contributed by atoms with Gasteiger partial charge in [0.25, 0.3) is 0 Å². The van der Waals surface area contributed by atoms with Crippen molar-refractivity contribution < 1.29 is 8.42 Å². The van der Waals surface area contributed by atoms with Gasteiger partial charge in [-0.2, -0.15) is 5.10 Å². The smallest absolute Gasteiger partial charge is 0.211 e. The summed E-state index contributed by atoms with van der Waals surface area (Å²) in [7, 11) is -3.12. The first kappa shape index (κ1) is 15.0. The van der Waals surface area contributed by atoms with Gasteiger partial charge in [-0.1, -0.05) is 6.42 Å². The highest BCUT2D eigenvalue weighted by Gasteiger charge is 2.33. The van der Waals surface area contributed by atoms with Crippen LogP contribution in [0.5, 0.6) is 0 Å². The van der Waals surface area contributed by atoms with E-state index in [2.05, 4.69) is 25.5 Å². The molecule has 0 amide bonds. The van der Waals surface area contributed by atoms with Crippen LogP contribution in [-0.4, -0.2) is 47.5 Å². The van der Waals surface area contributed by atoms with Crippen LogP contribution in [-0.2, 0) is 23.1 Å². The lowest BCUT2D eigenvalue weighted by molar-refractivity contribution is 0.0723. The first-order valence-corrected chi connectivity index (χ1v) is 9.48. The number of rotatable bonds is 5. The van der Waals surface area contributed by atoms with Crippen molar-refractivity contribution in [3.63, 3.8) is 0 Å². The molecule has 118 valence electrons. The van der Waals surface area contributed by atoms with E-state index in [1.165, 1.54) is 25.0 Å². The van der Waals surface area contributed by atoms with E-state index in [0.717, 1.165) is 19.5 Å². The Kier molecular flexibility index (Phi) is 4.33. The van der Waals surface area contributed by atoms with Crippen molar-refractivity contribution in [2.75, 3.05) is 12.3 Å². The second kappa shape index (κ2) is 6.06. The highest BCUT2D eigenvalue weighted by atomic mass is 32.2. The van der Waals surface area contributed by atoms with E-state index in [0.29, 0.717) is 12.6 Å². The Labute approximate surface area is 126 Å². The summed E-state index contributed by atoms with van der Waals surface area (Å²) < 4.78 is 28.2. The maximum atomic E-state index is 11.7. The van der Waals surface area contributed by atoms with Crippen molar-refractivity contribution >= 4 is 10.0 Å². The first-order valence-electron chi connectivity index (χ1n) is 7.83. The molecule has 2 aliphatic rings. The third kappa shape index (κ3) is 3.30. The van der Waals surface area contributed by atoms with E-state index < -0.39 is 10.0 Å². The monoisotopic (exact) mass is 312 g/mol. The van der Waals surface area contributed by atoms with Crippen molar-refractivity contribution in [1.82, 2.24) is 19.4 Å². The van der Waals surface area contributed by atoms with Gasteiger partial charge in [0.1, 0.15) is 0 Å². The molecular weight excluding hydrogens is 288 g/mol. The summed E-state index contributed by atoms with van der Waals surface area (Å²) in [6.07, 6.45) is 6.54. The lowest BCUT2D eigenvalue weighted by Crippen LogP contribution is -2.50. The maximum Gasteiger partial charge on any atom is 0.211 e. The Morgan fingerprint density at radius 2 is 2.19 bits per heavy atom. The molecule has 1 N–H and O–H groups in total. The van der Waals surface area contributed by atoms with Gasteiger partial charge in [-0.3, -0.25) is 9.58 Å². The normalized spacial score (nSPS) is 24.3. The number of nitrogens with zero attached hydrogens (tertiary/aromatic N) is 3. The molecule has 1 fully saturated rings. The third-order valence-corrected chi connectivity index (χ3v) is 6.12. The highest BCUT2D eigenvalue weighted by molar-refractivity contribution is 7.89. The van der Waals surface area contributed by atoms with E-state index in [9.17, 15) is 8.42 Å². The lowest BCUT2D eigenvalue weighted by Gasteiger charge is -2.41. The molecule has 1 aromatic rings. The van der Waals surface area contributed by atoms with E-state index >= 15 is 0 Å². The number of hydrogen-bond acceptors (Lipinski definition) is 4. The average molecular weight is 312 g/mol. The second-order valence-corrected chi connectivity index (χ2v) is 8.09. The van der Waals surface area contributed by atoms with Crippen LogP contribution >= 0.6 is 0 Å². The van der Waals surface area contributed by atoms with Gasteiger partial charge in [0.15, 0.2) is 0 Å². The second-order valence-electron chi connectivity index (χ2n) is 6.00. The van der Waals surface area contributed by atoms with Crippen LogP contribution in [0, 0.1) is 0 Å². The van der Waals surface area contributed by atoms with E-state index in [-0.39, 0.29) is 11.8 Å². The van der Waals surface area contributed by atoms with Gasteiger partial charge < -0.3 is 0 Å². The number of sulfonamides is 1. The molecular formula is C14H24N4O2S. The molecule has 0 unspecified atom stereocenters. The Morgan fingerprint density at radius 3 is 2.86 bits per heavy atom. The molecule has 3 rings (SSSR count). The SMILES string of the molecule is CCS(=O)(=O)NC[C@@H]1CCn2nccc2CN1C1CCC1. The number of hydrogen-bond donors (Lipinski definition) is 1. The van der Waals surface area contributed by atoms with Gasteiger partial charge in [0.05, 0.1) is 11.4 Å². The Balaban J connectivity index is 1.73. The zero-order chi connectivity index (χ0) is 14.9. The van der Waals surface area contributed by atoms with Crippen molar-refractivity contribution in [3.8, 4) is 0 Å². The van der Waals surface area contributed by atoms with Gasteiger partial charge in [0.2, 0.25) is 10.0 Å². The van der Waals surface area contributed by atoms with Crippen LogP contribution in [0.25, 0.3) is 0 Å². The summed E-state index contributed by atoms with van der Waals surface area (Å²) in [4.78, 5) is 2.49. The Morgan fingerprint density at radius 1 is 1.38 bits per heavy atom. The summed E-state index contributed by atoms with van der Waals surface area (Å²) >= 11 is 0. The predicted molar refractivity (Wildman–Crippen MR) is 81.3 cm³/mol. The van der Waals surface area contributed by atoms with Crippen LogP contribution in [0.15, 0.2) is 12.3 Å². The molecule has 0 bridgehead atoms. The molecule has 0 aromatic carbocycles. The molecule has 7 heteroatoms. The van der Waals surface area contributed by atoms with E-state index in [1.807, 2.05) is 6.20 Å². The molecule has 0 radical (unpaired) electrons. The van der Waals surface area contributed by atoms with Crippen molar-refractivity contribution in [1.29, 1.82) is 0 Å². The zero-order valence-corrected chi connectivity index (χ0v) is 13.3. The summed E-state index contributed by atoms with van der Waals surface area (Å²) in [5.41, 5.74) is 1.24. The summed E-state index contributed by atoms with van der Waals surface area (Å²) in [6.45, 7) is 3.93. The fraction of sp³-hybridized carbons (Fsp3) is 0.786. The van der Waals surface area contributed by atoms with Gasteiger partial charge in [0, 0.05) is 37.9 Å². The zero-order valence-electron chi connectivity index (χ0n) is 12.5. The molecule has 0 saturated heterocycles. The van der Waals surface area contributed by atoms with Crippen molar-refractivity contribution in [2.24, 2.45) is 0 Å². The fourth-order valence-electron chi connectivity index (χ4n) is 3.14. The van der Waals surface area contributed by atoms with Crippen LogP contribution < -0.4 is 4.72 Å². The number of fused-ring (bicyclic) bond motifs is 1. The van der Waals surface area contributed by atoms with Crippen LogP contribution in [0.1, 0.15) is 38.3 Å². The summed E-state index contributed by atoms with van der Waals surface area (Å²) in [6, 6.07) is 2.94. The quantitative estimate of drug-likeness (QED) is 0.879. The molecule has 1 aliphatic heterocycles. The molecule has 0 spiro atoms. The van der Waals surface area contributed by atoms with E-state index in [1.54, 1.807) is 6.92 Å². The van der Waals surface area contributed by atoms with Gasteiger partial charge in [-0.25, -0.2) is 13.1 Å². The Bertz CT molecular complexity index is 580. The van der Waals surface area contributed by atoms with Gasteiger partial charge in [-0.05, 0) is 32.3 Å². The third-order valence-electron chi connectivity index (χ3n) is 4.75. The van der Waals surface area contributed by atoms with E-state index in [4.69, 9.17) is 0 Å². The average Bonchev–Trinajstić information content (AvgIpc) is 2.77. The maximum absolute atomic E-state index is 11.7. The highest BCUT2D eigenvalue weighted by Crippen LogP contribution is 2.30. The topological polar surface area (TPSA) is 67.2 Å². The Hall–Kier alpha value is -0.920. The molecule has 1 aliphatic carbocycles. The number of nitrogens with one attached hydrogen (secondary N) is 1. The number of aromatic nitrogens is 2. The molecule has 21 heavy (non-hydrogen) atoms. The minimum absolute atomic E-state index is 0.144. The summed E-state index contributed by atoms with van der Waals surface area (Å²) in [5.74, 6) is 0.144. The minimum atomic E-state index is -3.12. The van der Waals surface area contributed by atoms with Crippen molar-refractivity contribution in [2.45, 2.75) is 57.8 Å². The fourth-order valence-corrected chi connectivity index (χ4v) is 3.79. The predicted octanol–water partition coefficient (Wildman–Crippen LogP) is 0.949. The van der Waals surface area contributed by atoms with Crippen LogP contribution in [0.3, 0.4) is 0 Å². The number of aryl methyl sites for hydroxylation is 1. The molecule has 1 aromatic heterocycles. The molecule has 1 atom stereocenters. The largest absolute Gasteiger partial charge is 0.290 e. The van der Waals surface area contributed by atoms with Gasteiger partial charge in [-0.15, -0.1) is 0 Å². The van der Waals surface area contributed by atoms with Gasteiger partial charge >= 0.3 is 0 Å². The molecule has 6 nitrogen and oxygen atoms in total. The first-order chi connectivity index (χ1) is 10.1. The van der Waals surface area contributed by atoms with Crippen LogP contribution in [0.4, 0.5) is 0 Å². The van der Waals surface area contributed by atoms with Crippen molar-refractivity contribution in [3.05, 3.63) is 18.0 Å². The summed E-state index contributed by atoms with van der Waals surface area (Å²) in [5, 5.41) is 4.37. The minimum Gasteiger partial charge on any atom is -0.290 e. The lowest BCUT2D eigenvalue weighted by atomic mass is 9.90. The standard InChI is InChI=1S/C14H24N4O2S/c1-2-21(19,20)16-10-13-7-9-18-14(6-8-15-18)11-17(13)12-4-3-5-12/h6,8,12-13,16H,2-5,7,9-11H2,1H3/t13-/m0/s1. The molecule has 1 saturated carbocycles.